The highest BCUT2D eigenvalue weighted by molar-refractivity contribution is 7.99. The number of aromatic nitrogens is 2. The van der Waals surface area contributed by atoms with Crippen LogP contribution in [0.2, 0.25) is 0 Å². The highest BCUT2D eigenvalue weighted by atomic mass is 35.5. The molecule has 1 saturated heterocycles. The minimum absolute atomic E-state index is 0. The first-order valence-corrected chi connectivity index (χ1v) is 10.3. The van der Waals surface area contributed by atoms with Crippen LogP contribution in [-0.4, -0.2) is 28.7 Å². The van der Waals surface area contributed by atoms with E-state index in [1.54, 1.807) is 6.20 Å². The van der Waals surface area contributed by atoms with Crippen LogP contribution in [0.15, 0.2) is 64.6 Å². The number of aryl methyl sites for hydroxylation is 1. The van der Waals surface area contributed by atoms with Gasteiger partial charge in [-0.15, -0.1) is 12.4 Å². The van der Waals surface area contributed by atoms with Gasteiger partial charge in [0.05, 0.1) is 5.41 Å². The molecule has 0 bridgehead atoms. The average molecular weight is 448 g/mol. The summed E-state index contributed by atoms with van der Waals surface area (Å²) in [6.07, 6.45) is 4.61. The number of hydrogen-bond acceptors (Lipinski definition) is 4. The first kappa shape index (κ1) is 22.3. The lowest BCUT2D eigenvalue weighted by atomic mass is 9.73. The number of primary amides is 1. The summed E-state index contributed by atoms with van der Waals surface area (Å²) in [5, 5.41) is 0. The van der Waals surface area contributed by atoms with E-state index in [-0.39, 0.29) is 18.2 Å². The number of benzene rings is 2. The highest BCUT2D eigenvalue weighted by Crippen LogP contribution is 2.38. The minimum atomic E-state index is -0.877. The topological polar surface area (TPSA) is 70.1 Å². The smallest absolute Gasteiger partial charge is 0.228 e. The van der Waals surface area contributed by atoms with Gasteiger partial charge in [0.25, 0.3) is 0 Å². The van der Waals surface area contributed by atoms with E-state index >= 15 is 0 Å². The number of amides is 1. The van der Waals surface area contributed by atoms with Crippen LogP contribution in [0.4, 0.5) is 4.39 Å². The highest BCUT2D eigenvalue weighted by Gasteiger charge is 2.40. The van der Waals surface area contributed by atoms with Gasteiger partial charge in [-0.3, -0.25) is 4.79 Å². The number of carbonyl (C=O) groups excluding carboxylic acids is 1. The molecule has 0 radical (unpaired) electrons. The molecule has 30 heavy (non-hydrogen) atoms. The summed E-state index contributed by atoms with van der Waals surface area (Å²) < 4.78 is 21.8. The predicted molar refractivity (Wildman–Crippen MR) is 117 cm³/mol. The van der Waals surface area contributed by atoms with E-state index < -0.39 is 11.3 Å². The molecule has 158 valence electrons. The molecule has 8 heteroatoms. The van der Waals surface area contributed by atoms with E-state index in [1.165, 1.54) is 23.9 Å². The number of rotatable bonds is 5. The number of nitrogens with two attached hydrogens (primary N) is 1. The summed E-state index contributed by atoms with van der Waals surface area (Å²) in [5.41, 5.74) is 6.49. The zero-order valence-electron chi connectivity index (χ0n) is 16.5. The van der Waals surface area contributed by atoms with Gasteiger partial charge in [-0.25, -0.2) is 9.37 Å². The Kier molecular flexibility index (Phi) is 6.85. The molecule has 0 aliphatic carbocycles. The zero-order valence-corrected chi connectivity index (χ0v) is 18.1. The number of hydrogen-bond donors (Lipinski definition) is 1. The van der Waals surface area contributed by atoms with Gasteiger partial charge in [0.2, 0.25) is 5.91 Å². The number of imidazole rings is 1. The molecule has 1 aromatic heterocycles. The maximum atomic E-state index is 14.4. The maximum absolute atomic E-state index is 14.4. The van der Waals surface area contributed by atoms with Gasteiger partial charge >= 0.3 is 0 Å². The van der Waals surface area contributed by atoms with Crippen molar-refractivity contribution < 1.29 is 13.9 Å². The van der Waals surface area contributed by atoms with E-state index in [4.69, 9.17) is 10.5 Å². The van der Waals surface area contributed by atoms with E-state index in [0.717, 1.165) is 21.3 Å². The van der Waals surface area contributed by atoms with Crippen molar-refractivity contribution in [2.45, 2.75) is 35.0 Å². The Morgan fingerprint density at radius 2 is 1.87 bits per heavy atom. The number of carbonyl (C=O) groups is 1. The van der Waals surface area contributed by atoms with Gasteiger partial charge in [-0.05, 0) is 67.8 Å². The molecular weight excluding hydrogens is 425 g/mol. The molecule has 3 aromatic rings. The largest absolute Gasteiger partial charge is 0.381 e. The van der Waals surface area contributed by atoms with Crippen molar-refractivity contribution in [1.29, 1.82) is 0 Å². The zero-order chi connectivity index (χ0) is 20.4. The molecule has 1 aliphatic heterocycles. The van der Waals surface area contributed by atoms with Crippen molar-refractivity contribution in [1.82, 2.24) is 9.55 Å². The summed E-state index contributed by atoms with van der Waals surface area (Å²) in [6, 6.07) is 12.8. The molecule has 0 atom stereocenters. The standard InChI is InChI=1S/C22H22FN3O2S.ClH/c1-15-25-8-9-26(15)18-2-4-19(5-3-18)29-20-13-16(12-17(23)14-20)22(21(24)27)6-10-28-11-7-22;/h2-5,8-9,12-14H,6-7,10-11H2,1H3,(H2,24,27);1H. The van der Waals surface area contributed by atoms with Crippen LogP contribution in [0, 0.1) is 12.7 Å². The lowest BCUT2D eigenvalue weighted by Gasteiger charge is -2.34. The van der Waals surface area contributed by atoms with Crippen molar-refractivity contribution in [3.63, 3.8) is 0 Å². The summed E-state index contributed by atoms with van der Waals surface area (Å²) in [6.45, 7) is 2.83. The third-order valence-electron chi connectivity index (χ3n) is 5.42. The van der Waals surface area contributed by atoms with Crippen molar-refractivity contribution in [2.75, 3.05) is 13.2 Å². The minimum Gasteiger partial charge on any atom is -0.381 e. The normalized spacial score (nSPS) is 15.4. The van der Waals surface area contributed by atoms with Gasteiger partial charge < -0.3 is 15.0 Å². The molecule has 0 saturated carbocycles. The van der Waals surface area contributed by atoms with E-state index in [1.807, 2.05) is 48.0 Å². The molecule has 2 N–H and O–H groups in total. The molecule has 0 unspecified atom stereocenters. The van der Waals surface area contributed by atoms with Crippen LogP contribution in [0.3, 0.4) is 0 Å². The lowest BCUT2D eigenvalue weighted by Crippen LogP contribution is -2.45. The summed E-state index contributed by atoms with van der Waals surface area (Å²) in [7, 11) is 0. The van der Waals surface area contributed by atoms with Crippen LogP contribution in [0.25, 0.3) is 5.69 Å². The van der Waals surface area contributed by atoms with Crippen LogP contribution < -0.4 is 5.73 Å². The predicted octanol–water partition coefficient (Wildman–Crippen LogP) is 4.43. The van der Waals surface area contributed by atoms with Crippen molar-refractivity contribution in [2.24, 2.45) is 5.73 Å². The Morgan fingerprint density at radius 3 is 2.47 bits per heavy atom. The summed E-state index contributed by atoms with van der Waals surface area (Å²) in [4.78, 5) is 18.2. The molecule has 2 heterocycles. The Hall–Kier alpha value is -2.35. The second kappa shape index (κ2) is 9.20. The van der Waals surface area contributed by atoms with Gasteiger partial charge in [0.1, 0.15) is 11.6 Å². The lowest BCUT2D eigenvalue weighted by molar-refractivity contribution is -0.127. The van der Waals surface area contributed by atoms with Crippen molar-refractivity contribution in [3.05, 3.63) is 72.1 Å². The van der Waals surface area contributed by atoms with Crippen molar-refractivity contribution >= 4 is 30.1 Å². The van der Waals surface area contributed by atoms with Crippen LogP contribution in [-0.2, 0) is 14.9 Å². The van der Waals surface area contributed by atoms with Gasteiger partial charge in [0.15, 0.2) is 0 Å². The molecule has 1 amide bonds. The monoisotopic (exact) mass is 447 g/mol. The molecule has 1 aliphatic rings. The molecule has 1 fully saturated rings. The third-order valence-corrected chi connectivity index (χ3v) is 6.40. The number of ether oxygens (including phenoxy) is 1. The summed E-state index contributed by atoms with van der Waals surface area (Å²) >= 11 is 1.45. The second-order valence-corrected chi connectivity index (χ2v) is 8.32. The molecule has 2 aromatic carbocycles. The number of halogens is 2. The summed E-state index contributed by atoms with van der Waals surface area (Å²) in [5.74, 6) is 0.110. The molecule has 5 nitrogen and oxygen atoms in total. The van der Waals surface area contributed by atoms with Gasteiger partial charge in [-0.2, -0.15) is 0 Å². The van der Waals surface area contributed by atoms with Crippen LogP contribution >= 0.6 is 24.2 Å². The van der Waals surface area contributed by atoms with Crippen LogP contribution in [0.1, 0.15) is 24.2 Å². The quantitative estimate of drug-likeness (QED) is 0.628. The Morgan fingerprint density at radius 1 is 1.17 bits per heavy atom. The van der Waals surface area contributed by atoms with E-state index in [0.29, 0.717) is 31.6 Å². The average Bonchev–Trinajstić information content (AvgIpc) is 3.14. The van der Waals surface area contributed by atoms with E-state index in [2.05, 4.69) is 4.98 Å². The van der Waals surface area contributed by atoms with Gasteiger partial charge in [0, 0.05) is 41.1 Å². The van der Waals surface area contributed by atoms with Crippen LogP contribution in [0.5, 0.6) is 0 Å². The third kappa shape index (κ3) is 4.38. The second-order valence-electron chi connectivity index (χ2n) is 7.17. The SMILES string of the molecule is Cc1nccn1-c1ccc(Sc2cc(F)cc(C3(C(N)=O)CCOCC3)c2)cc1.Cl. The Bertz CT molecular complexity index is 1030. The molecule has 4 rings (SSSR count). The first-order chi connectivity index (χ1) is 14.0. The van der Waals surface area contributed by atoms with Crippen molar-refractivity contribution in [3.8, 4) is 5.69 Å². The molecular formula is C22H23ClFN3O2S. The molecule has 0 spiro atoms. The van der Waals surface area contributed by atoms with E-state index in [9.17, 15) is 9.18 Å². The fourth-order valence-corrected chi connectivity index (χ4v) is 4.66. The fraction of sp³-hybridized carbons (Fsp3) is 0.273. The van der Waals surface area contributed by atoms with Gasteiger partial charge in [-0.1, -0.05) is 11.8 Å². The maximum Gasteiger partial charge on any atom is 0.228 e. The Labute approximate surface area is 185 Å². The first-order valence-electron chi connectivity index (χ1n) is 9.45. The number of nitrogens with zero attached hydrogens (tertiary/aromatic N) is 2. The fourth-order valence-electron chi connectivity index (χ4n) is 3.76. The Balaban J connectivity index is 0.00000256.